The van der Waals surface area contributed by atoms with Crippen LogP contribution in [0.4, 0.5) is 4.79 Å². The highest BCUT2D eigenvalue weighted by atomic mass is 16.5. The number of hydrogen-bond acceptors (Lipinski definition) is 7. The van der Waals surface area contributed by atoms with Crippen molar-refractivity contribution in [3.05, 3.63) is 131 Å². The van der Waals surface area contributed by atoms with Crippen molar-refractivity contribution in [2.45, 2.75) is 69.7 Å². The van der Waals surface area contributed by atoms with Crippen LogP contribution in [-0.2, 0) is 41.7 Å². The molecule has 1 fully saturated rings. The van der Waals surface area contributed by atoms with E-state index in [1.807, 2.05) is 109 Å². The molecule has 1 aliphatic heterocycles. The van der Waals surface area contributed by atoms with E-state index >= 15 is 0 Å². The van der Waals surface area contributed by atoms with Crippen molar-refractivity contribution in [3.63, 3.8) is 0 Å². The Kier molecular flexibility index (Phi) is 12.9. The number of amides is 4. The molecule has 4 amide bonds. The Labute approximate surface area is 322 Å². The molecule has 4 aromatic carbocycles. The minimum atomic E-state index is -1.43. The zero-order chi connectivity index (χ0) is 38.7. The van der Waals surface area contributed by atoms with Crippen LogP contribution in [0.5, 0.6) is 0 Å². The molecule has 286 valence electrons. The van der Waals surface area contributed by atoms with E-state index in [1.54, 1.807) is 11.8 Å². The topological polar surface area (TPSA) is 134 Å². The predicted molar refractivity (Wildman–Crippen MR) is 208 cm³/mol. The Hall–Kier alpha value is -5.97. The number of carbonyl (C=O) groups is 5. The first kappa shape index (κ1) is 38.7. The summed E-state index contributed by atoms with van der Waals surface area (Å²) in [5, 5.41) is 5.44. The molecule has 1 aliphatic carbocycles. The van der Waals surface area contributed by atoms with Gasteiger partial charge in [-0.05, 0) is 59.6 Å². The summed E-state index contributed by atoms with van der Waals surface area (Å²) >= 11 is 0. The number of nitrogens with zero attached hydrogens (tertiary/aromatic N) is 2. The van der Waals surface area contributed by atoms with E-state index in [0.717, 1.165) is 52.6 Å². The summed E-state index contributed by atoms with van der Waals surface area (Å²) in [5.74, 6) is -2.37. The number of nitrogens with one attached hydrogen (secondary N) is 2. The molecule has 4 aromatic rings. The number of piperidine rings is 1. The molecule has 55 heavy (non-hydrogen) atoms. The summed E-state index contributed by atoms with van der Waals surface area (Å²) in [6.45, 7) is 2.88. The van der Waals surface area contributed by atoms with Gasteiger partial charge >= 0.3 is 12.1 Å². The van der Waals surface area contributed by atoms with Gasteiger partial charge in [0.15, 0.2) is 0 Å². The molecule has 11 nitrogen and oxygen atoms in total. The number of esters is 1. The SMILES string of the molecule is C[C@H](NC(=O)[C@H](Cc1ccccc1)N(C)C(=O)[C@H](CC(=O)OCc1ccccc1)NC(=O)OCC1c2ccccc2-c2ccccc21)C(=O)N1CCCCC1. The summed E-state index contributed by atoms with van der Waals surface area (Å²) in [4.78, 5) is 71.3. The van der Waals surface area contributed by atoms with Crippen LogP contribution in [0, 0.1) is 0 Å². The molecule has 1 heterocycles. The van der Waals surface area contributed by atoms with Crippen LogP contribution in [0.15, 0.2) is 109 Å². The quantitative estimate of drug-likeness (QED) is 0.160. The molecule has 0 saturated carbocycles. The lowest BCUT2D eigenvalue weighted by Gasteiger charge is -2.33. The third kappa shape index (κ3) is 9.78. The monoisotopic (exact) mass is 744 g/mol. The van der Waals surface area contributed by atoms with E-state index in [0.29, 0.717) is 13.1 Å². The summed E-state index contributed by atoms with van der Waals surface area (Å²) in [6, 6.07) is 30.9. The molecule has 1 saturated heterocycles. The Morgan fingerprint density at radius 3 is 1.91 bits per heavy atom. The second-order valence-electron chi connectivity index (χ2n) is 14.1. The van der Waals surface area contributed by atoms with Crippen LogP contribution in [-0.4, -0.2) is 84.5 Å². The average molecular weight is 745 g/mol. The van der Waals surface area contributed by atoms with Crippen LogP contribution in [0.1, 0.15) is 60.8 Å². The van der Waals surface area contributed by atoms with Crippen molar-refractivity contribution in [2.24, 2.45) is 0 Å². The molecule has 0 unspecified atom stereocenters. The van der Waals surface area contributed by atoms with Gasteiger partial charge in [-0.2, -0.15) is 0 Å². The summed E-state index contributed by atoms with van der Waals surface area (Å²) in [7, 11) is 1.45. The third-order valence-electron chi connectivity index (χ3n) is 10.3. The van der Waals surface area contributed by atoms with Crippen molar-refractivity contribution in [1.82, 2.24) is 20.4 Å². The Morgan fingerprint density at radius 2 is 1.29 bits per heavy atom. The van der Waals surface area contributed by atoms with Gasteiger partial charge < -0.3 is 29.9 Å². The highest BCUT2D eigenvalue weighted by molar-refractivity contribution is 5.95. The number of ether oxygens (including phenoxy) is 2. The average Bonchev–Trinajstić information content (AvgIpc) is 3.54. The number of alkyl carbamates (subject to hydrolysis) is 1. The fourth-order valence-corrected chi connectivity index (χ4v) is 7.35. The summed E-state index contributed by atoms with van der Waals surface area (Å²) in [6.07, 6.45) is 1.59. The first-order valence-corrected chi connectivity index (χ1v) is 18.9. The molecule has 2 N–H and O–H groups in total. The largest absolute Gasteiger partial charge is 0.461 e. The standard InChI is InChI=1S/C44H48N4O7/c1-30(42(51)48-24-14-5-15-25-48)45-41(50)39(26-31-16-6-3-7-17-31)47(2)43(52)38(27-40(49)54-28-32-18-8-4-9-19-32)46-44(53)55-29-37-35-22-12-10-20-33(35)34-21-11-13-23-36(34)37/h3-4,6-13,16-23,30,37-39H,5,14-15,24-29H2,1-2H3,(H,45,50)(H,46,53)/t30-,38-,39-/m0/s1. The third-order valence-corrected chi connectivity index (χ3v) is 10.3. The van der Waals surface area contributed by atoms with Gasteiger partial charge in [0.2, 0.25) is 17.7 Å². The Balaban J connectivity index is 1.19. The van der Waals surface area contributed by atoms with Crippen molar-refractivity contribution in [3.8, 4) is 11.1 Å². The number of carbonyl (C=O) groups excluding carboxylic acids is 5. The molecule has 0 spiro atoms. The van der Waals surface area contributed by atoms with Crippen LogP contribution >= 0.6 is 0 Å². The molecule has 0 radical (unpaired) electrons. The van der Waals surface area contributed by atoms with E-state index < -0.39 is 48.4 Å². The predicted octanol–water partition coefficient (Wildman–Crippen LogP) is 5.61. The second kappa shape index (κ2) is 18.4. The first-order valence-electron chi connectivity index (χ1n) is 18.9. The molecular formula is C44H48N4O7. The van der Waals surface area contributed by atoms with Crippen LogP contribution in [0.25, 0.3) is 11.1 Å². The number of fused-ring (bicyclic) bond motifs is 3. The Morgan fingerprint density at radius 1 is 0.727 bits per heavy atom. The number of likely N-dealkylation sites (tertiary alicyclic amines) is 1. The van der Waals surface area contributed by atoms with E-state index in [2.05, 4.69) is 10.6 Å². The van der Waals surface area contributed by atoms with Crippen molar-refractivity contribution in [1.29, 1.82) is 0 Å². The van der Waals surface area contributed by atoms with E-state index in [-0.39, 0.29) is 31.5 Å². The number of rotatable bonds is 14. The fourth-order valence-electron chi connectivity index (χ4n) is 7.35. The molecule has 0 bridgehead atoms. The van der Waals surface area contributed by atoms with Gasteiger partial charge in [0, 0.05) is 32.5 Å². The second-order valence-corrected chi connectivity index (χ2v) is 14.1. The maximum Gasteiger partial charge on any atom is 0.407 e. The normalized spacial score (nSPS) is 15.1. The Bertz CT molecular complexity index is 1920. The van der Waals surface area contributed by atoms with Crippen LogP contribution in [0.2, 0.25) is 0 Å². The van der Waals surface area contributed by atoms with Gasteiger partial charge in [-0.3, -0.25) is 19.2 Å². The summed E-state index contributed by atoms with van der Waals surface area (Å²) < 4.78 is 11.3. The lowest BCUT2D eigenvalue weighted by molar-refractivity contribution is -0.149. The first-order chi connectivity index (χ1) is 26.7. The molecular weight excluding hydrogens is 697 g/mol. The van der Waals surface area contributed by atoms with Crippen LogP contribution in [0.3, 0.4) is 0 Å². The number of hydrogen-bond donors (Lipinski definition) is 2. The van der Waals surface area contributed by atoms with Crippen molar-refractivity contribution >= 4 is 29.8 Å². The minimum absolute atomic E-state index is 0.00294. The van der Waals surface area contributed by atoms with Crippen LogP contribution < -0.4 is 10.6 Å². The highest BCUT2D eigenvalue weighted by Gasteiger charge is 2.36. The number of benzene rings is 4. The molecule has 3 atom stereocenters. The van der Waals surface area contributed by atoms with Crippen molar-refractivity contribution < 1.29 is 33.4 Å². The van der Waals surface area contributed by atoms with Gasteiger partial charge in [0.25, 0.3) is 0 Å². The van der Waals surface area contributed by atoms with E-state index in [9.17, 15) is 24.0 Å². The molecule has 6 rings (SSSR count). The van der Waals surface area contributed by atoms with Gasteiger partial charge in [-0.1, -0.05) is 109 Å². The fraction of sp³-hybridized carbons (Fsp3) is 0.341. The minimum Gasteiger partial charge on any atom is -0.461 e. The van der Waals surface area contributed by atoms with Gasteiger partial charge in [-0.15, -0.1) is 0 Å². The molecule has 2 aliphatic rings. The van der Waals surface area contributed by atoms with Gasteiger partial charge in [-0.25, -0.2) is 4.79 Å². The maximum atomic E-state index is 14.4. The number of likely N-dealkylation sites (N-methyl/N-ethyl adjacent to an activating group) is 1. The summed E-state index contributed by atoms with van der Waals surface area (Å²) in [5.41, 5.74) is 5.72. The lowest BCUT2D eigenvalue weighted by atomic mass is 9.98. The van der Waals surface area contributed by atoms with E-state index in [4.69, 9.17) is 9.47 Å². The molecule has 0 aromatic heterocycles. The van der Waals surface area contributed by atoms with E-state index in [1.165, 1.54) is 11.9 Å². The molecule has 11 heteroatoms. The lowest BCUT2D eigenvalue weighted by Crippen LogP contribution is -2.58. The van der Waals surface area contributed by atoms with Gasteiger partial charge in [0.05, 0.1) is 6.42 Å². The highest BCUT2D eigenvalue weighted by Crippen LogP contribution is 2.44. The van der Waals surface area contributed by atoms with Crippen molar-refractivity contribution in [2.75, 3.05) is 26.7 Å². The van der Waals surface area contributed by atoms with Gasteiger partial charge in [0.1, 0.15) is 31.3 Å². The zero-order valence-electron chi connectivity index (χ0n) is 31.3. The smallest absolute Gasteiger partial charge is 0.407 e. The maximum absolute atomic E-state index is 14.4. The zero-order valence-corrected chi connectivity index (χ0v) is 31.3.